The first kappa shape index (κ1) is 13.7. The van der Waals surface area contributed by atoms with E-state index in [9.17, 15) is 4.79 Å². The molecule has 94 valence electrons. The highest BCUT2D eigenvalue weighted by molar-refractivity contribution is 5.79. The number of hydrogen-bond donors (Lipinski definition) is 0. The summed E-state index contributed by atoms with van der Waals surface area (Å²) in [5, 5.41) is 0. The number of nitrogens with zero attached hydrogens (tertiary/aromatic N) is 1. The maximum absolute atomic E-state index is 11.1. The molecule has 1 rings (SSSR count). The van der Waals surface area contributed by atoms with Gasteiger partial charge in [-0.3, -0.25) is 9.69 Å². The molecule has 0 spiro atoms. The Morgan fingerprint density at radius 3 is 2.31 bits per heavy atom. The summed E-state index contributed by atoms with van der Waals surface area (Å²) in [6.07, 6.45) is 2.97. The minimum absolute atomic E-state index is 0.207. The lowest BCUT2D eigenvalue weighted by Gasteiger charge is -2.40. The minimum atomic E-state index is 0.207. The topological polar surface area (TPSA) is 29.5 Å². The van der Waals surface area contributed by atoms with Crippen LogP contribution in [0.2, 0.25) is 0 Å². The first-order valence-electron chi connectivity index (χ1n) is 6.32. The van der Waals surface area contributed by atoms with Crippen molar-refractivity contribution in [2.75, 3.05) is 19.7 Å². The van der Waals surface area contributed by atoms with Crippen LogP contribution in [0.5, 0.6) is 0 Å². The summed E-state index contributed by atoms with van der Waals surface area (Å²) in [7, 11) is 0. The van der Waals surface area contributed by atoms with Crippen molar-refractivity contribution in [1.29, 1.82) is 0 Å². The van der Waals surface area contributed by atoms with E-state index in [1.807, 2.05) is 6.92 Å². The van der Waals surface area contributed by atoms with Crippen molar-refractivity contribution in [2.45, 2.75) is 58.6 Å². The van der Waals surface area contributed by atoms with E-state index in [-0.39, 0.29) is 17.4 Å². The molecule has 0 saturated carbocycles. The fourth-order valence-electron chi connectivity index (χ4n) is 2.01. The van der Waals surface area contributed by atoms with Gasteiger partial charge >= 0.3 is 0 Å². The monoisotopic (exact) mass is 227 g/mol. The molecular formula is C13H25NO2. The molecule has 0 amide bonds. The first-order valence-corrected chi connectivity index (χ1v) is 6.32. The molecule has 3 nitrogen and oxygen atoms in total. The molecule has 0 N–H and O–H groups in total. The van der Waals surface area contributed by atoms with Crippen LogP contribution in [0.4, 0.5) is 0 Å². The van der Waals surface area contributed by atoms with E-state index < -0.39 is 0 Å². The number of ether oxygens (including phenoxy) is 1. The molecule has 0 aromatic carbocycles. The molecule has 16 heavy (non-hydrogen) atoms. The van der Waals surface area contributed by atoms with Gasteiger partial charge in [0.2, 0.25) is 0 Å². The molecule has 0 atom stereocenters. The zero-order valence-electron chi connectivity index (χ0n) is 11.1. The zero-order chi connectivity index (χ0) is 12.2. The number of piperidine rings is 1. The van der Waals surface area contributed by atoms with Crippen LogP contribution in [0, 0.1) is 0 Å². The number of rotatable bonds is 4. The molecule has 0 radical (unpaired) electrons. The number of carbonyl (C=O) groups excluding carboxylic acids is 1. The average Bonchev–Trinajstić information content (AvgIpc) is 2.25. The summed E-state index contributed by atoms with van der Waals surface area (Å²) < 4.78 is 5.62. The predicted molar refractivity (Wildman–Crippen MR) is 65.6 cm³/mol. The van der Waals surface area contributed by atoms with Crippen molar-refractivity contribution < 1.29 is 9.53 Å². The second-order valence-corrected chi connectivity index (χ2v) is 5.56. The van der Waals surface area contributed by atoms with Crippen molar-refractivity contribution in [2.24, 2.45) is 0 Å². The summed E-state index contributed by atoms with van der Waals surface area (Å²) in [6.45, 7) is 11.1. The standard InChI is InChI=1S/C13H25NO2/c1-5-11(15)10-16-12-6-8-14(9-7-12)13(2,3)4/h12H,5-10H2,1-4H3. The number of Topliss-reactive ketones (excluding diaryl/α,β-unsaturated/α-hetero) is 1. The van der Waals surface area contributed by atoms with Crippen molar-refractivity contribution >= 4 is 5.78 Å². The summed E-state index contributed by atoms with van der Waals surface area (Å²) >= 11 is 0. The molecule has 1 fully saturated rings. The highest BCUT2D eigenvalue weighted by Gasteiger charge is 2.27. The molecule has 1 aliphatic rings. The predicted octanol–water partition coefficient (Wildman–Crippen LogP) is 2.25. The third-order valence-electron chi connectivity index (χ3n) is 3.27. The van der Waals surface area contributed by atoms with Crippen LogP contribution in [0.25, 0.3) is 0 Å². The van der Waals surface area contributed by atoms with Crippen molar-refractivity contribution in [1.82, 2.24) is 4.90 Å². The summed E-state index contributed by atoms with van der Waals surface area (Å²) in [5.41, 5.74) is 0.254. The van der Waals surface area contributed by atoms with E-state index in [0.29, 0.717) is 13.0 Å². The molecule has 3 heteroatoms. The number of carbonyl (C=O) groups is 1. The van der Waals surface area contributed by atoms with Crippen LogP contribution < -0.4 is 0 Å². The van der Waals surface area contributed by atoms with Crippen LogP contribution in [-0.2, 0) is 9.53 Å². The van der Waals surface area contributed by atoms with Crippen LogP contribution in [0.3, 0.4) is 0 Å². The summed E-state index contributed by atoms with van der Waals surface area (Å²) in [5.74, 6) is 0.207. The van der Waals surface area contributed by atoms with Gasteiger partial charge in [-0.25, -0.2) is 0 Å². The largest absolute Gasteiger partial charge is 0.370 e. The smallest absolute Gasteiger partial charge is 0.158 e. The van der Waals surface area contributed by atoms with Gasteiger partial charge in [0.25, 0.3) is 0 Å². The minimum Gasteiger partial charge on any atom is -0.370 e. The Bertz CT molecular complexity index is 225. The van der Waals surface area contributed by atoms with E-state index in [4.69, 9.17) is 4.74 Å². The van der Waals surface area contributed by atoms with Crippen LogP contribution in [-0.4, -0.2) is 42.0 Å². The number of likely N-dealkylation sites (tertiary alicyclic amines) is 1. The van der Waals surface area contributed by atoms with Gasteiger partial charge in [0, 0.05) is 25.0 Å². The average molecular weight is 227 g/mol. The van der Waals surface area contributed by atoms with Crippen molar-refractivity contribution in [3.8, 4) is 0 Å². The van der Waals surface area contributed by atoms with Crippen molar-refractivity contribution in [3.05, 3.63) is 0 Å². The van der Waals surface area contributed by atoms with Crippen LogP contribution in [0.15, 0.2) is 0 Å². The fourth-order valence-corrected chi connectivity index (χ4v) is 2.01. The fraction of sp³-hybridized carbons (Fsp3) is 0.923. The van der Waals surface area contributed by atoms with E-state index in [2.05, 4.69) is 25.7 Å². The zero-order valence-corrected chi connectivity index (χ0v) is 11.1. The lowest BCUT2D eigenvalue weighted by atomic mass is 9.99. The SMILES string of the molecule is CCC(=O)COC1CCN(C(C)(C)C)CC1. The molecule has 0 aromatic rings. The molecule has 1 heterocycles. The Morgan fingerprint density at radius 1 is 1.31 bits per heavy atom. The lowest BCUT2D eigenvalue weighted by molar-refractivity contribution is -0.126. The van der Waals surface area contributed by atoms with Gasteiger partial charge in [-0.05, 0) is 33.6 Å². The third kappa shape index (κ3) is 4.22. The molecule has 0 aromatic heterocycles. The van der Waals surface area contributed by atoms with Gasteiger partial charge in [-0.15, -0.1) is 0 Å². The second-order valence-electron chi connectivity index (χ2n) is 5.56. The van der Waals surface area contributed by atoms with E-state index in [0.717, 1.165) is 25.9 Å². The van der Waals surface area contributed by atoms with E-state index in [1.165, 1.54) is 0 Å². The first-order chi connectivity index (χ1) is 7.43. The van der Waals surface area contributed by atoms with Gasteiger partial charge in [0.15, 0.2) is 5.78 Å². The normalized spacial score (nSPS) is 20.0. The molecular weight excluding hydrogens is 202 g/mol. The molecule has 0 bridgehead atoms. The van der Waals surface area contributed by atoms with Gasteiger partial charge in [0.05, 0.1) is 6.10 Å². The van der Waals surface area contributed by atoms with Crippen molar-refractivity contribution in [3.63, 3.8) is 0 Å². The molecule has 1 aliphatic heterocycles. The Kier molecular flexibility index (Phi) is 4.93. The lowest BCUT2D eigenvalue weighted by Crippen LogP contribution is -2.47. The Labute approximate surface area is 99.1 Å². The van der Waals surface area contributed by atoms with Gasteiger partial charge in [-0.1, -0.05) is 6.92 Å². The molecule has 0 unspecified atom stereocenters. The third-order valence-corrected chi connectivity index (χ3v) is 3.27. The second kappa shape index (κ2) is 5.78. The summed E-state index contributed by atoms with van der Waals surface area (Å²) in [4.78, 5) is 13.6. The number of hydrogen-bond acceptors (Lipinski definition) is 3. The van der Waals surface area contributed by atoms with Gasteiger partial charge < -0.3 is 4.74 Å². The van der Waals surface area contributed by atoms with Crippen LogP contribution in [0.1, 0.15) is 47.0 Å². The quantitative estimate of drug-likeness (QED) is 0.737. The van der Waals surface area contributed by atoms with Gasteiger partial charge in [0.1, 0.15) is 6.61 Å². The Morgan fingerprint density at radius 2 is 1.88 bits per heavy atom. The van der Waals surface area contributed by atoms with E-state index >= 15 is 0 Å². The van der Waals surface area contributed by atoms with E-state index in [1.54, 1.807) is 0 Å². The highest BCUT2D eigenvalue weighted by atomic mass is 16.5. The Hall–Kier alpha value is -0.410. The molecule has 0 aliphatic carbocycles. The number of ketones is 1. The maximum Gasteiger partial charge on any atom is 0.158 e. The Balaban J connectivity index is 2.25. The molecule has 1 saturated heterocycles. The highest BCUT2D eigenvalue weighted by Crippen LogP contribution is 2.21. The maximum atomic E-state index is 11.1. The summed E-state index contributed by atoms with van der Waals surface area (Å²) in [6, 6.07) is 0. The van der Waals surface area contributed by atoms with Gasteiger partial charge in [-0.2, -0.15) is 0 Å². The van der Waals surface area contributed by atoms with Crippen LogP contribution >= 0.6 is 0 Å².